The van der Waals surface area contributed by atoms with Gasteiger partial charge in [-0.05, 0) is 55.5 Å². The molecule has 2 rings (SSSR count). The number of nitrogens with zero attached hydrogens (tertiary/aromatic N) is 1. The largest absolute Gasteiger partial charge is 0.354 e. The van der Waals surface area contributed by atoms with E-state index in [0.717, 1.165) is 22.3 Å². The third-order valence-corrected chi connectivity index (χ3v) is 5.18. The zero-order chi connectivity index (χ0) is 21.6. The lowest BCUT2D eigenvalue weighted by Gasteiger charge is -2.29. The molecule has 2 amide bonds. The predicted octanol–water partition coefficient (Wildman–Crippen LogP) is 4.69. The Morgan fingerprint density at radius 3 is 2.45 bits per heavy atom. The number of halogens is 1. The van der Waals surface area contributed by atoms with E-state index in [9.17, 15) is 9.59 Å². The highest BCUT2D eigenvalue weighted by molar-refractivity contribution is 6.30. The topological polar surface area (TPSA) is 49.4 Å². The maximum atomic E-state index is 13.3. The van der Waals surface area contributed by atoms with Crippen LogP contribution in [0.1, 0.15) is 43.0 Å². The molecule has 1 atom stereocenters. The average molecular weight is 415 g/mol. The van der Waals surface area contributed by atoms with Gasteiger partial charge in [0.05, 0.1) is 6.42 Å². The molecule has 0 bridgehead atoms. The lowest BCUT2D eigenvalue weighted by Crippen LogP contribution is -2.48. The molecule has 0 fully saturated rings. The van der Waals surface area contributed by atoms with Crippen LogP contribution in [0.3, 0.4) is 0 Å². The highest BCUT2D eigenvalue weighted by atomic mass is 35.5. The van der Waals surface area contributed by atoms with E-state index in [1.807, 2.05) is 64.1 Å². The van der Waals surface area contributed by atoms with Crippen molar-refractivity contribution in [3.05, 3.63) is 69.7 Å². The van der Waals surface area contributed by atoms with Gasteiger partial charge < -0.3 is 10.2 Å². The second kappa shape index (κ2) is 10.4. The predicted molar refractivity (Wildman–Crippen MR) is 119 cm³/mol. The van der Waals surface area contributed by atoms with E-state index < -0.39 is 6.04 Å². The Kier molecular flexibility index (Phi) is 8.27. The molecule has 0 aliphatic rings. The average Bonchev–Trinajstić information content (AvgIpc) is 2.66. The summed E-state index contributed by atoms with van der Waals surface area (Å²) in [6.07, 6.45) is 0.260. The molecule has 0 aliphatic carbocycles. The normalized spacial score (nSPS) is 12.0. The van der Waals surface area contributed by atoms with Crippen molar-refractivity contribution in [2.75, 3.05) is 6.54 Å². The van der Waals surface area contributed by atoms with Crippen LogP contribution >= 0.6 is 11.6 Å². The summed E-state index contributed by atoms with van der Waals surface area (Å²) in [6.45, 7) is 10.8. The van der Waals surface area contributed by atoms with E-state index >= 15 is 0 Å². The Morgan fingerprint density at radius 2 is 1.79 bits per heavy atom. The Hall–Kier alpha value is -2.33. The Balaban J connectivity index is 2.25. The van der Waals surface area contributed by atoms with Gasteiger partial charge in [0.2, 0.25) is 11.8 Å². The van der Waals surface area contributed by atoms with Gasteiger partial charge in [-0.2, -0.15) is 0 Å². The fourth-order valence-electron chi connectivity index (χ4n) is 3.12. The molecule has 4 nitrogen and oxygen atoms in total. The second-order valence-corrected chi connectivity index (χ2v) is 8.51. The zero-order valence-corrected chi connectivity index (χ0v) is 18.7. The number of rotatable bonds is 8. The number of nitrogens with one attached hydrogen (secondary N) is 1. The number of hydrogen-bond acceptors (Lipinski definition) is 2. The van der Waals surface area contributed by atoms with Gasteiger partial charge in [-0.3, -0.25) is 9.59 Å². The van der Waals surface area contributed by atoms with Crippen molar-refractivity contribution in [1.82, 2.24) is 10.2 Å². The fraction of sp³-hybridized carbons (Fsp3) is 0.417. The third kappa shape index (κ3) is 6.90. The number of amides is 2. The van der Waals surface area contributed by atoms with Crippen LogP contribution in [-0.4, -0.2) is 29.3 Å². The van der Waals surface area contributed by atoms with Crippen LogP contribution in [-0.2, 0) is 22.6 Å². The molecule has 156 valence electrons. The molecule has 0 heterocycles. The van der Waals surface area contributed by atoms with Crippen LogP contribution in [0.15, 0.2) is 42.5 Å². The summed E-state index contributed by atoms with van der Waals surface area (Å²) in [4.78, 5) is 27.6. The van der Waals surface area contributed by atoms with Crippen LogP contribution in [0.25, 0.3) is 0 Å². The van der Waals surface area contributed by atoms with Crippen molar-refractivity contribution in [3.8, 4) is 0 Å². The van der Waals surface area contributed by atoms with Crippen molar-refractivity contribution in [2.45, 2.75) is 53.6 Å². The summed E-state index contributed by atoms with van der Waals surface area (Å²) < 4.78 is 0. The van der Waals surface area contributed by atoms with Gasteiger partial charge in [-0.15, -0.1) is 0 Å². The molecule has 2 aromatic carbocycles. The number of carbonyl (C=O) groups excluding carboxylic acids is 2. The fourth-order valence-corrected chi connectivity index (χ4v) is 3.34. The van der Waals surface area contributed by atoms with E-state index in [-0.39, 0.29) is 18.2 Å². The lowest BCUT2D eigenvalue weighted by atomic mass is 10.0. The van der Waals surface area contributed by atoms with Gasteiger partial charge in [-0.25, -0.2) is 0 Å². The minimum Gasteiger partial charge on any atom is -0.354 e. The van der Waals surface area contributed by atoms with Crippen LogP contribution in [0.5, 0.6) is 0 Å². The minimum absolute atomic E-state index is 0.0779. The Bertz CT molecular complexity index is 864. The highest BCUT2D eigenvalue weighted by Crippen LogP contribution is 2.18. The van der Waals surface area contributed by atoms with Crippen LogP contribution in [0.4, 0.5) is 0 Å². The first-order valence-corrected chi connectivity index (χ1v) is 10.4. The summed E-state index contributed by atoms with van der Waals surface area (Å²) in [7, 11) is 0. The van der Waals surface area contributed by atoms with Crippen molar-refractivity contribution in [3.63, 3.8) is 0 Å². The molecule has 0 saturated carbocycles. The van der Waals surface area contributed by atoms with Gasteiger partial charge in [0.25, 0.3) is 0 Å². The van der Waals surface area contributed by atoms with Crippen molar-refractivity contribution < 1.29 is 9.59 Å². The molecule has 5 heteroatoms. The van der Waals surface area contributed by atoms with Crippen LogP contribution in [0, 0.1) is 19.8 Å². The van der Waals surface area contributed by atoms with Gasteiger partial charge in [-0.1, -0.05) is 61.3 Å². The first-order chi connectivity index (χ1) is 13.7. The molecule has 29 heavy (non-hydrogen) atoms. The van der Waals surface area contributed by atoms with Gasteiger partial charge >= 0.3 is 0 Å². The smallest absolute Gasteiger partial charge is 0.242 e. The van der Waals surface area contributed by atoms with Gasteiger partial charge in [0.1, 0.15) is 6.04 Å². The minimum atomic E-state index is -0.578. The highest BCUT2D eigenvalue weighted by Gasteiger charge is 2.26. The number of carbonyl (C=O) groups is 2. The Morgan fingerprint density at radius 1 is 1.07 bits per heavy atom. The molecule has 0 aromatic heterocycles. The SMILES string of the molecule is Cc1ccc(C)c(CC(=O)N(Cc2cccc(Cl)c2)C(C)C(=O)NCC(C)C)c1. The first-order valence-electron chi connectivity index (χ1n) is 10.0. The molecule has 1 N–H and O–H groups in total. The third-order valence-electron chi connectivity index (χ3n) is 4.94. The molecule has 0 radical (unpaired) electrons. The lowest BCUT2D eigenvalue weighted by molar-refractivity contribution is -0.140. The monoisotopic (exact) mass is 414 g/mol. The standard InChI is InChI=1S/C24H31ClN2O2/c1-16(2)14-26-24(29)19(5)27(15-20-7-6-8-22(25)12-20)23(28)13-21-11-17(3)9-10-18(21)4/h6-12,16,19H,13-15H2,1-5H3,(H,26,29). The van der Waals surface area contributed by atoms with Crippen molar-refractivity contribution >= 4 is 23.4 Å². The van der Waals surface area contributed by atoms with Gasteiger partial charge in [0.15, 0.2) is 0 Å². The molecule has 0 spiro atoms. The molecular weight excluding hydrogens is 384 g/mol. The summed E-state index contributed by atoms with van der Waals surface area (Å²) in [6, 6.07) is 12.9. The molecule has 1 unspecified atom stereocenters. The molecular formula is C24H31ClN2O2. The van der Waals surface area contributed by atoms with Gasteiger partial charge in [0, 0.05) is 18.1 Å². The number of benzene rings is 2. The van der Waals surface area contributed by atoms with Crippen molar-refractivity contribution in [2.24, 2.45) is 5.92 Å². The molecule has 0 aliphatic heterocycles. The first kappa shape index (κ1) is 23.0. The molecule has 0 saturated heterocycles. The summed E-state index contributed by atoms with van der Waals surface area (Å²) in [5.41, 5.74) is 4.07. The van der Waals surface area contributed by atoms with E-state index in [4.69, 9.17) is 11.6 Å². The maximum absolute atomic E-state index is 13.3. The van der Waals surface area contributed by atoms with Crippen LogP contribution < -0.4 is 5.32 Å². The summed E-state index contributed by atoms with van der Waals surface area (Å²) >= 11 is 6.12. The van der Waals surface area contributed by atoms with Crippen molar-refractivity contribution in [1.29, 1.82) is 0 Å². The van der Waals surface area contributed by atoms with E-state index in [0.29, 0.717) is 24.0 Å². The quantitative estimate of drug-likeness (QED) is 0.681. The summed E-state index contributed by atoms with van der Waals surface area (Å²) in [5, 5.41) is 3.55. The maximum Gasteiger partial charge on any atom is 0.242 e. The van der Waals surface area contributed by atoms with Crippen LogP contribution in [0.2, 0.25) is 5.02 Å². The Labute approximate surface area is 179 Å². The number of aryl methyl sites for hydroxylation is 2. The summed E-state index contributed by atoms with van der Waals surface area (Å²) in [5.74, 6) is 0.124. The van der Waals surface area contributed by atoms with E-state index in [2.05, 4.69) is 5.32 Å². The van der Waals surface area contributed by atoms with E-state index in [1.165, 1.54) is 0 Å². The second-order valence-electron chi connectivity index (χ2n) is 8.07. The molecule has 2 aromatic rings. The van der Waals surface area contributed by atoms with E-state index in [1.54, 1.807) is 17.9 Å². The zero-order valence-electron chi connectivity index (χ0n) is 18.0. The number of hydrogen-bond donors (Lipinski definition) is 1.